The molecule has 0 aromatic heterocycles. The summed E-state index contributed by atoms with van der Waals surface area (Å²) < 4.78 is 0. The van der Waals surface area contributed by atoms with Crippen molar-refractivity contribution in [2.75, 3.05) is 23.7 Å². The molecule has 7 heteroatoms. The van der Waals surface area contributed by atoms with Crippen LogP contribution in [0.1, 0.15) is 36.0 Å². The fourth-order valence-electron chi connectivity index (χ4n) is 3.00. The predicted octanol–water partition coefficient (Wildman–Crippen LogP) is 4.71. The second-order valence-corrected chi connectivity index (χ2v) is 6.96. The minimum atomic E-state index is -0.462. The number of urea groups is 1. The van der Waals surface area contributed by atoms with Crippen molar-refractivity contribution < 1.29 is 14.7 Å². The molecular weight excluding hydrogens is 366 g/mol. The van der Waals surface area contributed by atoms with Gasteiger partial charge in [0.25, 0.3) is 5.91 Å². The number of phenolic OH excluding ortho intramolecular Hbond substituents is 1. The van der Waals surface area contributed by atoms with Gasteiger partial charge in [0.05, 0.1) is 5.56 Å². The molecule has 27 heavy (non-hydrogen) atoms. The van der Waals surface area contributed by atoms with E-state index in [1.165, 1.54) is 31.0 Å². The van der Waals surface area contributed by atoms with E-state index in [4.69, 9.17) is 11.6 Å². The van der Waals surface area contributed by atoms with E-state index in [0.29, 0.717) is 16.4 Å². The van der Waals surface area contributed by atoms with E-state index in [9.17, 15) is 14.7 Å². The molecule has 3 amide bonds. The molecule has 1 saturated heterocycles. The number of benzene rings is 2. The van der Waals surface area contributed by atoms with Crippen molar-refractivity contribution in [3.05, 3.63) is 53.1 Å². The monoisotopic (exact) mass is 387 g/mol. The molecule has 0 aliphatic carbocycles. The Morgan fingerprint density at radius 2 is 1.48 bits per heavy atom. The van der Waals surface area contributed by atoms with E-state index in [1.807, 2.05) is 4.90 Å². The first-order chi connectivity index (χ1) is 13.0. The number of carbonyl (C=O) groups is 2. The number of hydrogen-bond donors (Lipinski definition) is 3. The number of likely N-dealkylation sites (tertiary alicyclic amines) is 1. The lowest BCUT2D eigenvalue weighted by atomic mass is 10.2. The Labute approximate surface area is 163 Å². The summed E-state index contributed by atoms with van der Waals surface area (Å²) in [6.45, 7) is 1.56. The van der Waals surface area contributed by atoms with Gasteiger partial charge in [0, 0.05) is 29.5 Å². The smallest absolute Gasteiger partial charge is 0.321 e. The second kappa shape index (κ2) is 8.77. The van der Waals surface area contributed by atoms with Crippen LogP contribution in [0, 0.1) is 0 Å². The van der Waals surface area contributed by atoms with Crippen molar-refractivity contribution >= 4 is 34.9 Å². The molecule has 1 aliphatic heterocycles. The summed E-state index contributed by atoms with van der Waals surface area (Å²) in [6, 6.07) is 11.0. The summed E-state index contributed by atoms with van der Waals surface area (Å²) in [7, 11) is 0. The lowest BCUT2D eigenvalue weighted by Crippen LogP contribution is -2.35. The normalized spacial score (nSPS) is 14.3. The first-order valence-corrected chi connectivity index (χ1v) is 9.36. The Balaban J connectivity index is 1.60. The van der Waals surface area contributed by atoms with Gasteiger partial charge < -0.3 is 20.6 Å². The van der Waals surface area contributed by atoms with Crippen LogP contribution in [-0.2, 0) is 0 Å². The zero-order valence-corrected chi connectivity index (χ0v) is 15.6. The van der Waals surface area contributed by atoms with Crippen LogP contribution in [0.5, 0.6) is 5.75 Å². The predicted molar refractivity (Wildman–Crippen MR) is 107 cm³/mol. The highest BCUT2D eigenvalue weighted by molar-refractivity contribution is 6.31. The molecule has 6 nitrogen and oxygen atoms in total. The van der Waals surface area contributed by atoms with E-state index >= 15 is 0 Å². The number of nitrogens with zero attached hydrogens (tertiary/aromatic N) is 1. The van der Waals surface area contributed by atoms with Gasteiger partial charge in [0.2, 0.25) is 0 Å². The number of carbonyl (C=O) groups excluding carboxylic acids is 2. The van der Waals surface area contributed by atoms with Crippen LogP contribution in [-0.4, -0.2) is 35.0 Å². The highest BCUT2D eigenvalue weighted by Gasteiger charge is 2.16. The largest absolute Gasteiger partial charge is 0.507 e. The van der Waals surface area contributed by atoms with Gasteiger partial charge in [-0.2, -0.15) is 0 Å². The SMILES string of the molecule is O=C(Nc1ccc(NC(=O)N2CCCCCC2)cc1)c1cc(Cl)ccc1O. The summed E-state index contributed by atoms with van der Waals surface area (Å²) in [6.07, 6.45) is 4.41. The maximum absolute atomic E-state index is 12.3. The Hall–Kier alpha value is -2.73. The first-order valence-electron chi connectivity index (χ1n) is 8.99. The van der Waals surface area contributed by atoms with Gasteiger partial charge in [0.15, 0.2) is 0 Å². The fraction of sp³-hybridized carbons (Fsp3) is 0.300. The van der Waals surface area contributed by atoms with Crippen molar-refractivity contribution in [2.24, 2.45) is 0 Å². The van der Waals surface area contributed by atoms with Crippen LogP contribution in [0.2, 0.25) is 5.02 Å². The van der Waals surface area contributed by atoms with E-state index < -0.39 is 5.91 Å². The molecule has 0 atom stereocenters. The van der Waals surface area contributed by atoms with Crippen LogP contribution in [0.3, 0.4) is 0 Å². The average Bonchev–Trinajstić information content (AvgIpc) is 2.95. The van der Waals surface area contributed by atoms with Crippen molar-refractivity contribution in [3.63, 3.8) is 0 Å². The number of aromatic hydroxyl groups is 1. The fourth-order valence-corrected chi connectivity index (χ4v) is 3.17. The number of hydrogen-bond acceptors (Lipinski definition) is 3. The standard InChI is InChI=1S/C20H22ClN3O3/c21-14-5-10-18(25)17(13-14)19(26)22-15-6-8-16(9-7-15)23-20(27)24-11-3-1-2-4-12-24/h5-10,13,25H,1-4,11-12H2,(H,22,26)(H,23,27). The third kappa shape index (κ3) is 5.14. The average molecular weight is 388 g/mol. The van der Waals surface area contributed by atoms with Gasteiger partial charge in [-0.05, 0) is 55.3 Å². The number of anilines is 2. The molecule has 3 rings (SSSR count). The van der Waals surface area contributed by atoms with Crippen molar-refractivity contribution in [3.8, 4) is 5.75 Å². The Kier molecular flexibility index (Phi) is 6.19. The molecule has 2 aromatic carbocycles. The molecule has 1 fully saturated rings. The molecular formula is C20H22ClN3O3. The molecule has 1 heterocycles. The third-order valence-electron chi connectivity index (χ3n) is 4.49. The van der Waals surface area contributed by atoms with E-state index in [-0.39, 0.29) is 17.3 Å². The van der Waals surface area contributed by atoms with Gasteiger partial charge in [0.1, 0.15) is 5.75 Å². The number of halogens is 1. The van der Waals surface area contributed by atoms with Crippen LogP contribution < -0.4 is 10.6 Å². The Bertz CT molecular complexity index is 816. The van der Waals surface area contributed by atoms with E-state index in [1.54, 1.807) is 24.3 Å². The summed E-state index contributed by atoms with van der Waals surface area (Å²) >= 11 is 5.87. The van der Waals surface area contributed by atoms with Crippen molar-refractivity contribution in [1.29, 1.82) is 0 Å². The van der Waals surface area contributed by atoms with Crippen LogP contribution in [0.15, 0.2) is 42.5 Å². The summed E-state index contributed by atoms with van der Waals surface area (Å²) in [5, 5.41) is 15.7. The molecule has 1 aliphatic rings. The first kappa shape index (κ1) is 19.0. The van der Waals surface area contributed by atoms with Gasteiger partial charge in [-0.1, -0.05) is 24.4 Å². The van der Waals surface area contributed by atoms with Gasteiger partial charge in [-0.25, -0.2) is 4.79 Å². The van der Waals surface area contributed by atoms with Gasteiger partial charge in [-0.15, -0.1) is 0 Å². The number of nitrogens with one attached hydrogen (secondary N) is 2. The number of amides is 3. The quantitative estimate of drug-likeness (QED) is 0.713. The van der Waals surface area contributed by atoms with E-state index in [0.717, 1.165) is 25.9 Å². The van der Waals surface area contributed by atoms with Gasteiger partial charge in [-0.3, -0.25) is 4.79 Å². The van der Waals surface area contributed by atoms with Crippen molar-refractivity contribution in [1.82, 2.24) is 4.90 Å². The summed E-state index contributed by atoms with van der Waals surface area (Å²) in [5.41, 5.74) is 1.31. The molecule has 3 N–H and O–H groups in total. The number of rotatable bonds is 3. The zero-order valence-electron chi connectivity index (χ0n) is 14.9. The van der Waals surface area contributed by atoms with E-state index in [2.05, 4.69) is 10.6 Å². The Morgan fingerprint density at radius 1 is 0.889 bits per heavy atom. The zero-order chi connectivity index (χ0) is 19.2. The van der Waals surface area contributed by atoms with Crippen LogP contribution in [0.25, 0.3) is 0 Å². The Morgan fingerprint density at radius 3 is 2.11 bits per heavy atom. The maximum Gasteiger partial charge on any atom is 0.321 e. The third-order valence-corrected chi connectivity index (χ3v) is 4.73. The molecule has 0 radical (unpaired) electrons. The molecule has 0 unspecified atom stereocenters. The molecule has 0 spiro atoms. The minimum Gasteiger partial charge on any atom is -0.507 e. The second-order valence-electron chi connectivity index (χ2n) is 6.52. The summed E-state index contributed by atoms with van der Waals surface area (Å²) in [5.74, 6) is -0.602. The molecule has 0 bridgehead atoms. The lowest BCUT2D eigenvalue weighted by molar-refractivity contribution is 0.102. The van der Waals surface area contributed by atoms with Crippen molar-refractivity contribution in [2.45, 2.75) is 25.7 Å². The molecule has 142 valence electrons. The van der Waals surface area contributed by atoms with Crippen LogP contribution >= 0.6 is 11.6 Å². The van der Waals surface area contributed by atoms with Gasteiger partial charge >= 0.3 is 6.03 Å². The maximum atomic E-state index is 12.3. The topological polar surface area (TPSA) is 81.7 Å². The van der Waals surface area contributed by atoms with Crippen LogP contribution in [0.4, 0.5) is 16.2 Å². The summed E-state index contributed by atoms with van der Waals surface area (Å²) in [4.78, 5) is 26.5. The highest BCUT2D eigenvalue weighted by Crippen LogP contribution is 2.23. The molecule has 0 saturated carbocycles. The highest BCUT2D eigenvalue weighted by atomic mass is 35.5. The molecule has 2 aromatic rings. The number of phenols is 1. The lowest BCUT2D eigenvalue weighted by Gasteiger charge is -2.20. The minimum absolute atomic E-state index is 0.0982.